The Morgan fingerprint density at radius 2 is 1.74 bits per heavy atom. The molecule has 0 fully saturated rings. The lowest BCUT2D eigenvalue weighted by molar-refractivity contribution is 0.0938. The van der Waals surface area contributed by atoms with Crippen molar-refractivity contribution >= 4 is 17.6 Å². The molecule has 0 aromatic heterocycles. The van der Waals surface area contributed by atoms with Gasteiger partial charge in [0.25, 0.3) is 0 Å². The van der Waals surface area contributed by atoms with Gasteiger partial charge in [0.15, 0.2) is 6.17 Å². The number of alkyl carbamates (subject to hydrolysis) is 1. The lowest BCUT2D eigenvalue weighted by Gasteiger charge is -2.20. The highest BCUT2D eigenvalue weighted by atomic mass is 19.1. The van der Waals surface area contributed by atoms with E-state index in [-0.39, 0.29) is 12.3 Å². The highest BCUT2D eigenvalue weighted by Gasteiger charge is 2.23. The highest BCUT2D eigenvalue weighted by Crippen LogP contribution is 2.15. The first-order valence-electron chi connectivity index (χ1n) is 7.15. The van der Waals surface area contributed by atoms with Crippen LogP contribution in [0.3, 0.4) is 0 Å². The lowest BCUT2D eigenvalue weighted by atomic mass is 10.1. The standard InChI is InChI=1S/C17H17FN2O3/c1-2-23-17(22)20-16(15(21)12-8-4-3-5-9-12)19-14-11-7-6-10-13(14)18/h3-11,16,19H,2H2,1H3,(H,20,22)/t16-/m0/s1. The van der Waals surface area contributed by atoms with E-state index in [9.17, 15) is 14.0 Å². The lowest BCUT2D eigenvalue weighted by Crippen LogP contribution is -2.46. The van der Waals surface area contributed by atoms with Crippen LogP contribution in [0.25, 0.3) is 0 Å². The number of amides is 1. The third-order valence-electron chi connectivity index (χ3n) is 3.03. The Labute approximate surface area is 133 Å². The molecule has 23 heavy (non-hydrogen) atoms. The van der Waals surface area contributed by atoms with Gasteiger partial charge < -0.3 is 10.1 Å². The first-order chi connectivity index (χ1) is 11.1. The molecule has 2 aromatic rings. The summed E-state index contributed by atoms with van der Waals surface area (Å²) in [6.45, 7) is 1.82. The molecule has 0 spiro atoms. The zero-order valence-corrected chi connectivity index (χ0v) is 12.6. The first kappa shape index (κ1) is 16.5. The van der Waals surface area contributed by atoms with Gasteiger partial charge in [-0.15, -0.1) is 0 Å². The number of Topliss-reactive ketones (excluding diaryl/α,β-unsaturated/α-hetero) is 1. The molecule has 6 heteroatoms. The molecule has 2 N–H and O–H groups in total. The number of carbonyl (C=O) groups is 2. The number of ketones is 1. The minimum absolute atomic E-state index is 0.110. The zero-order valence-electron chi connectivity index (χ0n) is 12.6. The maximum Gasteiger partial charge on any atom is 0.409 e. The Balaban J connectivity index is 2.23. The van der Waals surface area contributed by atoms with Crippen molar-refractivity contribution in [3.8, 4) is 0 Å². The van der Waals surface area contributed by atoms with Crippen molar-refractivity contribution in [2.24, 2.45) is 0 Å². The maximum atomic E-state index is 13.8. The summed E-state index contributed by atoms with van der Waals surface area (Å²) in [5, 5.41) is 5.10. The topological polar surface area (TPSA) is 67.4 Å². The second-order valence-corrected chi connectivity index (χ2v) is 4.65. The van der Waals surface area contributed by atoms with Crippen molar-refractivity contribution in [3.05, 3.63) is 66.0 Å². The quantitative estimate of drug-likeness (QED) is 0.634. The molecule has 0 unspecified atom stereocenters. The molecule has 2 aromatic carbocycles. The summed E-state index contributed by atoms with van der Waals surface area (Å²) in [5.74, 6) is -0.925. The van der Waals surface area contributed by atoms with Gasteiger partial charge in [-0.25, -0.2) is 9.18 Å². The van der Waals surface area contributed by atoms with Gasteiger partial charge >= 0.3 is 6.09 Å². The zero-order chi connectivity index (χ0) is 16.7. The summed E-state index contributed by atoms with van der Waals surface area (Å²) in [4.78, 5) is 24.2. The minimum atomic E-state index is -1.15. The van der Waals surface area contributed by atoms with E-state index in [0.717, 1.165) is 0 Å². The summed E-state index contributed by atoms with van der Waals surface area (Å²) in [5.41, 5.74) is 0.497. The van der Waals surface area contributed by atoms with Crippen molar-refractivity contribution in [3.63, 3.8) is 0 Å². The van der Waals surface area contributed by atoms with Crippen molar-refractivity contribution < 1.29 is 18.7 Å². The minimum Gasteiger partial charge on any atom is -0.450 e. The van der Waals surface area contributed by atoms with Crippen LogP contribution in [-0.4, -0.2) is 24.6 Å². The van der Waals surface area contributed by atoms with E-state index in [1.165, 1.54) is 18.2 Å². The molecule has 0 aliphatic carbocycles. The molecule has 5 nitrogen and oxygen atoms in total. The van der Waals surface area contributed by atoms with Gasteiger partial charge in [-0.05, 0) is 19.1 Å². The summed E-state index contributed by atoms with van der Waals surface area (Å²) < 4.78 is 18.6. The molecule has 1 amide bonds. The highest BCUT2D eigenvalue weighted by molar-refractivity contribution is 6.02. The first-order valence-corrected chi connectivity index (χ1v) is 7.15. The number of para-hydroxylation sites is 1. The van der Waals surface area contributed by atoms with Crippen molar-refractivity contribution in [2.75, 3.05) is 11.9 Å². The van der Waals surface area contributed by atoms with E-state index in [1.807, 2.05) is 0 Å². The average molecular weight is 316 g/mol. The fourth-order valence-electron chi connectivity index (χ4n) is 1.96. The number of benzene rings is 2. The number of halogens is 1. The summed E-state index contributed by atoms with van der Waals surface area (Å²) >= 11 is 0. The van der Waals surface area contributed by atoms with Gasteiger partial charge in [0.05, 0.1) is 12.3 Å². The number of hydrogen-bond donors (Lipinski definition) is 2. The van der Waals surface area contributed by atoms with Gasteiger partial charge in [0.2, 0.25) is 5.78 Å². The van der Waals surface area contributed by atoms with Gasteiger partial charge in [0.1, 0.15) is 5.82 Å². The molecular weight excluding hydrogens is 299 g/mol. The fourth-order valence-corrected chi connectivity index (χ4v) is 1.96. The van der Waals surface area contributed by atoms with Crippen LogP contribution in [0.5, 0.6) is 0 Å². The Morgan fingerprint density at radius 1 is 1.09 bits per heavy atom. The largest absolute Gasteiger partial charge is 0.450 e. The molecule has 1 atom stereocenters. The predicted octanol–water partition coefficient (Wildman–Crippen LogP) is 3.19. The summed E-state index contributed by atoms with van der Waals surface area (Å²) in [6.07, 6.45) is -1.90. The molecule has 120 valence electrons. The summed E-state index contributed by atoms with van der Waals surface area (Å²) in [6, 6.07) is 14.3. The monoisotopic (exact) mass is 316 g/mol. The van der Waals surface area contributed by atoms with Gasteiger partial charge in [-0.3, -0.25) is 10.1 Å². The molecule has 0 radical (unpaired) electrons. The van der Waals surface area contributed by atoms with E-state index >= 15 is 0 Å². The van der Waals surface area contributed by atoms with E-state index in [1.54, 1.807) is 43.3 Å². The number of ether oxygens (including phenoxy) is 1. The average Bonchev–Trinajstić information content (AvgIpc) is 2.56. The molecule has 0 bridgehead atoms. The second kappa shape index (κ2) is 7.93. The Kier molecular flexibility index (Phi) is 5.68. The molecule has 0 aliphatic heterocycles. The van der Waals surface area contributed by atoms with Crippen LogP contribution >= 0.6 is 0 Å². The fraction of sp³-hybridized carbons (Fsp3) is 0.176. The molecule has 0 heterocycles. The van der Waals surface area contributed by atoms with Crippen LogP contribution in [0, 0.1) is 5.82 Å². The number of anilines is 1. The van der Waals surface area contributed by atoms with Crippen molar-refractivity contribution in [1.82, 2.24) is 5.32 Å². The van der Waals surface area contributed by atoms with Crippen LogP contribution in [0.2, 0.25) is 0 Å². The van der Waals surface area contributed by atoms with Crippen molar-refractivity contribution in [1.29, 1.82) is 0 Å². The third kappa shape index (κ3) is 4.54. The molecule has 0 saturated carbocycles. The van der Waals surface area contributed by atoms with Crippen LogP contribution in [0.4, 0.5) is 14.9 Å². The van der Waals surface area contributed by atoms with Gasteiger partial charge in [-0.2, -0.15) is 0 Å². The van der Waals surface area contributed by atoms with E-state index in [2.05, 4.69) is 10.6 Å². The SMILES string of the molecule is CCOC(=O)N[C@H](Nc1ccccc1F)C(=O)c1ccccc1. The van der Waals surface area contributed by atoms with E-state index in [4.69, 9.17) is 4.74 Å². The van der Waals surface area contributed by atoms with E-state index < -0.39 is 23.9 Å². The Morgan fingerprint density at radius 3 is 2.39 bits per heavy atom. The summed E-state index contributed by atoms with van der Waals surface area (Å²) in [7, 11) is 0. The molecule has 0 aliphatic rings. The van der Waals surface area contributed by atoms with Gasteiger partial charge in [-0.1, -0.05) is 42.5 Å². The van der Waals surface area contributed by atoms with Crippen molar-refractivity contribution in [2.45, 2.75) is 13.1 Å². The van der Waals surface area contributed by atoms with Crippen LogP contribution in [0.15, 0.2) is 54.6 Å². The smallest absolute Gasteiger partial charge is 0.409 e. The Hall–Kier alpha value is -2.89. The van der Waals surface area contributed by atoms with Gasteiger partial charge in [0, 0.05) is 5.56 Å². The third-order valence-corrected chi connectivity index (χ3v) is 3.03. The molecule has 2 rings (SSSR count). The maximum absolute atomic E-state index is 13.8. The molecule has 0 saturated heterocycles. The second-order valence-electron chi connectivity index (χ2n) is 4.65. The molecular formula is C17H17FN2O3. The Bertz CT molecular complexity index is 677. The van der Waals surface area contributed by atoms with Crippen LogP contribution in [0.1, 0.15) is 17.3 Å². The van der Waals surface area contributed by atoms with E-state index in [0.29, 0.717) is 5.56 Å². The predicted molar refractivity (Wildman–Crippen MR) is 84.7 cm³/mol. The number of hydrogen-bond acceptors (Lipinski definition) is 4. The number of nitrogens with one attached hydrogen (secondary N) is 2. The number of rotatable bonds is 6. The normalized spacial score (nSPS) is 11.4. The van der Waals surface area contributed by atoms with Crippen LogP contribution in [-0.2, 0) is 4.74 Å². The van der Waals surface area contributed by atoms with Crippen LogP contribution < -0.4 is 10.6 Å². The number of carbonyl (C=O) groups excluding carboxylic acids is 2.